The van der Waals surface area contributed by atoms with Crippen molar-refractivity contribution >= 4 is 33.4 Å². The first-order valence-electron chi connectivity index (χ1n) is 7.47. The van der Waals surface area contributed by atoms with E-state index in [2.05, 4.69) is 36.5 Å². The van der Waals surface area contributed by atoms with Crippen LogP contribution in [-0.2, 0) is 6.18 Å². The molecule has 25 heavy (non-hydrogen) atoms. The Hall–Kier alpha value is -1.87. The molecule has 0 aliphatic carbocycles. The monoisotopic (exact) mass is 418 g/mol. The molecule has 2 aromatic rings. The average Bonchev–Trinajstić information content (AvgIpc) is 2.49. The topological polar surface area (TPSA) is 70.1 Å². The molecular formula is C16H18BrF3N4O. The van der Waals surface area contributed by atoms with Gasteiger partial charge in [0, 0.05) is 22.3 Å². The Labute approximate surface area is 151 Å². The molecule has 0 amide bonds. The van der Waals surface area contributed by atoms with Gasteiger partial charge in [0.1, 0.15) is 5.82 Å². The lowest BCUT2D eigenvalue weighted by atomic mass is 10.1. The molecule has 1 heterocycles. The van der Waals surface area contributed by atoms with Crippen LogP contribution in [0.2, 0.25) is 0 Å². The molecule has 0 saturated carbocycles. The number of aliphatic hydroxyl groups is 1. The van der Waals surface area contributed by atoms with Crippen LogP contribution >= 0.6 is 15.9 Å². The van der Waals surface area contributed by atoms with Crippen molar-refractivity contribution in [2.75, 3.05) is 17.2 Å². The van der Waals surface area contributed by atoms with Crippen LogP contribution in [0.1, 0.15) is 23.7 Å². The molecule has 0 bridgehead atoms. The number of nitrogens with one attached hydrogen (secondary N) is 2. The van der Waals surface area contributed by atoms with Gasteiger partial charge in [0.25, 0.3) is 0 Å². The van der Waals surface area contributed by atoms with E-state index in [1.807, 2.05) is 26.0 Å². The van der Waals surface area contributed by atoms with Crippen molar-refractivity contribution in [1.82, 2.24) is 9.97 Å². The number of hydrogen-bond acceptors (Lipinski definition) is 5. The zero-order valence-electron chi connectivity index (χ0n) is 13.9. The molecule has 9 heteroatoms. The van der Waals surface area contributed by atoms with Crippen LogP contribution in [0.5, 0.6) is 0 Å². The van der Waals surface area contributed by atoms with Gasteiger partial charge in [-0.05, 0) is 44.0 Å². The number of halogens is 4. The van der Waals surface area contributed by atoms with Crippen molar-refractivity contribution in [1.29, 1.82) is 0 Å². The van der Waals surface area contributed by atoms with Crippen molar-refractivity contribution in [2.24, 2.45) is 0 Å². The van der Waals surface area contributed by atoms with E-state index in [1.165, 1.54) is 0 Å². The maximum atomic E-state index is 13.1. The van der Waals surface area contributed by atoms with E-state index in [4.69, 9.17) is 5.11 Å². The van der Waals surface area contributed by atoms with Gasteiger partial charge >= 0.3 is 6.18 Å². The Morgan fingerprint density at radius 2 is 1.76 bits per heavy atom. The highest BCUT2D eigenvalue weighted by Gasteiger charge is 2.34. The number of rotatable bonds is 5. The van der Waals surface area contributed by atoms with Gasteiger partial charge in [-0.2, -0.15) is 18.2 Å². The fourth-order valence-electron chi connectivity index (χ4n) is 2.22. The number of alkyl halides is 3. The fourth-order valence-corrected chi connectivity index (χ4v) is 2.91. The number of benzene rings is 1. The Morgan fingerprint density at radius 1 is 1.16 bits per heavy atom. The van der Waals surface area contributed by atoms with E-state index in [0.717, 1.165) is 21.7 Å². The molecular weight excluding hydrogens is 401 g/mol. The van der Waals surface area contributed by atoms with Crippen molar-refractivity contribution in [3.8, 4) is 0 Å². The van der Waals surface area contributed by atoms with Crippen LogP contribution in [0.4, 0.5) is 30.6 Å². The van der Waals surface area contributed by atoms with Gasteiger partial charge in [-0.1, -0.05) is 15.9 Å². The highest BCUT2D eigenvalue weighted by atomic mass is 79.9. The fraction of sp³-hybridized carbons (Fsp3) is 0.375. The summed E-state index contributed by atoms with van der Waals surface area (Å²) in [5, 5.41) is 14.7. The minimum Gasteiger partial charge on any atom is -0.394 e. The summed E-state index contributed by atoms with van der Waals surface area (Å²) in [7, 11) is 0. The first kappa shape index (κ1) is 19.5. The maximum Gasteiger partial charge on any atom is 0.433 e. The minimum atomic E-state index is -4.61. The summed E-state index contributed by atoms with van der Waals surface area (Å²) in [6.45, 7) is 5.05. The van der Waals surface area contributed by atoms with Crippen LogP contribution in [0.15, 0.2) is 22.7 Å². The van der Waals surface area contributed by atoms with E-state index in [-0.39, 0.29) is 18.4 Å². The molecule has 0 radical (unpaired) electrons. The minimum absolute atomic E-state index is 0.0171. The van der Waals surface area contributed by atoms with Gasteiger partial charge in [-0.25, -0.2) is 4.98 Å². The Bertz CT molecular complexity index is 745. The Balaban J connectivity index is 2.44. The van der Waals surface area contributed by atoms with Gasteiger partial charge in [0.15, 0.2) is 5.69 Å². The maximum absolute atomic E-state index is 13.1. The highest BCUT2D eigenvalue weighted by Crippen LogP contribution is 2.32. The smallest absolute Gasteiger partial charge is 0.394 e. The van der Waals surface area contributed by atoms with E-state index >= 15 is 0 Å². The van der Waals surface area contributed by atoms with Crippen molar-refractivity contribution in [3.63, 3.8) is 0 Å². The number of aliphatic hydroxyl groups excluding tert-OH is 1. The van der Waals surface area contributed by atoms with Crippen molar-refractivity contribution < 1.29 is 18.3 Å². The molecule has 5 nitrogen and oxygen atoms in total. The number of aromatic nitrogens is 2. The molecule has 0 aliphatic rings. The predicted molar refractivity (Wildman–Crippen MR) is 94.1 cm³/mol. The quantitative estimate of drug-likeness (QED) is 0.670. The summed E-state index contributed by atoms with van der Waals surface area (Å²) in [5.41, 5.74) is 1.33. The van der Waals surface area contributed by atoms with Gasteiger partial charge in [-0.3, -0.25) is 0 Å². The zero-order valence-corrected chi connectivity index (χ0v) is 15.5. The normalized spacial score (nSPS) is 12.8. The third kappa shape index (κ3) is 5.05. The Morgan fingerprint density at radius 3 is 2.28 bits per heavy atom. The lowest BCUT2D eigenvalue weighted by Crippen LogP contribution is -2.22. The molecule has 1 atom stereocenters. The Kier molecular flexibility index (Phi) is 5.89. The molecule has 1 aromatic carbocycles. The number of aryl methyl sites for hydroxylation is 2. The third-order valence-corrected chi connectivity index (χ3v) is 3.87. The zero-order chi connectivity index (χ0) is 18.8. The van der Waals surface area contributed by atoms with Gasteiger partial charge < -0.3 is 15.7 Å². The van der Waals surface area contributed by atoms with Crippen LogP contribution in [0, 0.1) is 13.8 Å². The molecule has 1 aromatic heterocycles. The molecule has 136 valence electrons. The molecule has 2 rings (SSSR count). The lowest BCUT2D eigenvalue weighted by Gasteiger charge is -2.17. The summed E-state index contributed by atoms with van der Waals surface area (Å²) in [4.78, 5) is 7.57. The summed E-state index contributed by atoms with van der Waals surface area (Å²) >= 11 is 3.38. The summed E-state index contributed by atoms with van der Waals surface area (Å²) < 4.78 is 40.2. The summed E-state index contributed by atoms with van der Waals surface area (Å²) in [6.07, 6.45) is -4.61. The van der Waals surface area contributed by atoms with E-state index < -0.39 is 17.9 Å². The van der Waals surface area contributed by atoms with E-state index in [0.29, 0.717) is 5.69 Å². The molecule has 0 saturated heterocycles. The summed E-state index contributed by atoms with van der Waals surface area (Å²) in [6, 6.07) is 4.09. The summed E-state index contributed by atoms with van der Waals surface area (Å²) in [5.74, 6) is -0.185. The molecule has 3 N–H and O–H groups in total. The number of anilines is 3. The van der Waals surface area contributed by atoms with Crippen LogP contribution in [0.25, 0.3) is 0 Å². The number of hydrogen-bond donors (Lipinski definition) is 3. The number of nitrogens with zero attached hydrogens (tertiary/aromatic N) is 2. The van der Waals surface area contributed by atoms with E-state index in [1.54, 1.807) is 6.92 Å². The van der Waals surface area contributed by atoms with E-state index in [9.17, 15) is 13.2 Å². The SMILES string of the molecule is Cc1cc(Br)cc(C)c1Nc1cc(C(F)(F)F)nc(N[C@@H](C)CO)n1. The molecule has 0 spiro atoms. The predicted octanol–water partition coefficient (Wildman–Crippen LogP) is 4.41. The van der Waals surface area contributed by atoms with Gasteiger partial charge in [0.2, 0.25) is 5.95 Å². The van der Waals surface area contributed by atoms with Crippen molar-refractivity contribution in [3.05, 3.63) is 39.5 Å². The molecule has 0 unspecified atom stereocenters. The second kappa shape index (κ2) is 7.57. The first-order chi connectivity index (χ1) is 11.6. The van der Waals surface area contributed by atoms with Crippen LogP contribution in [0.3, 0.4) is 0 Å². The first-order valence-corrected chi connectivity index (χ1v) is 8.27. The van der Waals surface area contributed by atoms with Crippen LogP contribution < -0.4 is 10.6 Å². The van der Waals surface area contributed by atoms with Crippen LogP contribution in [-0.4, -0.2) is 27.7 Å². The van der Waals surface area contributed by atoms with Crippen molar-refractivity contribution in [2.45, 2.75) is 33.0 Å². The largest absolute Gasteiger partial charge is 0.433 e. The van der Waals surface area contributed by atoms with Gasteiger partial charge in [-0.15, -0.1) is 0 Å². The standard InChI is InChI=1S/C16H18BrF3N4O/c1-8-4-11(17)5-9(2)14(8)23-13-6-12(16(18,19)20)22-15(24-13)21-10(3)7-25/h4-6,10,25H,7H2,1-3H3,(H2,21,22,23,24)/t10-/m0/s1. The second-order valence-electron chi connectivity index (χ2n) is 5.73. The third-order valence-electron chi connectivity index (χ3n) is 3.42. The highest BCUT2D eigenvalue weighted by molar-refractivity contribution is 9.10. The average molecular weight is 419 g/mol. The molecule has 0 fully saturated rings. The molecule has 0 aliphatic heterocycles. The van der Waals surface area contributed by atoms with Gasteiger partial charge in [0.05, 0.1) is 6.61 Å². The lowest BCUT2D eigenvalue weighted by molar-refractivity contribution is -0.141. The second-order valence-corrected chi connectivity index (χ2v) is 6.64.